The van der Waals surface area contributed by atoms with Crippen LogP contribution < -0.4 is 4.74 Å². The molecular weight excluding hydrogens is 444 g/mol. The van der Waals surface area contributed by atoms with Crippen molar-refractivity contribution in [2.24, 2.45) is 10.9 Å². The van der Waals surface area contributed by atoms with Gasteiger partial charge in [0.05, 0.1) is 25.0 Å². The fraction of sp³-hybridized carbons (Fsp3) is 0.450. The lowest BCUT2D eigenvalue weighted by molar-refractivity contribution is -0.141. The van der Waals surface area contributed by atoms with E-state index in [0.29, 0.717) is 41.0 Å². The maximum Gasteiger partial charge on any atom is 0.338 e. The van der Waals surface area contributed by atoms with Gasteiger partial charge in [0.1, 0.15) is 11.8 Å². The fourth-order valence-electron chi connectivity index (χ4n) is 3.19. The molecule has 1 atom stereocenters. The molecule has 0 aromatic heterocycles. The largest absolute Gasteiger partial charge is 0.496 e. The summed E-state index contributed by atoms with van der Waals surface area (Å²) in [5, 5.41) is 0.612. The average molecular weight is 467 g/mol. The predicted octanol–water partition coefficient (Wildman–Crippen LogP) is 4.31. The smallest absolute Gasteiger partial charge is 0.338 e. The molecule has 0 aliphatic carbocycles. The van der Waals surface area contributed by atoms with Crippen LogP contribution in [0.15, 0.2) is 38.9 Å². The lowest BCUT2D eigenvalue weighted by Crippen LogP contribution is -2.46. The van der Waals surface area contributed by atoms with Gasteiger partial charge >= 0.3 is 5.97 Å². The Morgan fingerprint density at radius 2 is 2.18 bits per heavy atom. The summed E-state index contributed by atoms with van der Waals surface area (Å²) in [6.07, 6.45) is 0.393. The Labute approximate surface area is 177 Å². The van der Waals surface area contributed by atoms with Gasteiger partial charge in [0.25, 0.3) is 0 Å². The van der Waals surface area contributed by atoms with Crippen LogP contribution in [0.25, 0.3) is 0 Å². The van der Waals surface area contributed by atoms with Crippen LogP contribution in [0.4, 0.5) is 0 Å². The van der Waals surface area contributed by atoms with E-state index in [1.165, 1.54) is 11.8 Å². The van der Waals surface area contributed by atoms with E-state index >= 15 is 0 Å². The van der Waals surface area contributed by atoms with Crippen molar-refractivity contribution in [3.05, 3.63) is 39.5 Å². The minimum absolute atomic E-state index is 0.0637. The summed E-state index contributed by atoms with van der Waals surface area (Å²) < 4.78 is 11.9. The Balaban J connectivity index is 2.16. The maximum absolute atomic E-state index is 13.0. The van der Waals surface area contributed by atoms with Crippen molar-refractivity contribution < 1.29 is 19.1 Å². The summed E-state index contributed by atoms with van der Waals surface area (Å²) in [7, 11) is 1.57. The van der Waals surface area contributed by atoms with Gasteiger partial charge in [0, 0.05) is 22.2 Å². The Morgan fingerprint density at radius 3 is 2.86 bits per heavy atom. The van der Waals surface area contributed by atoms with Crippen LogP contribution in [0.2, 0.25) is 0 Å². The number of amidine groups is 1. The Morgan fingerprint density at radius 1 is 1.43 bits per heavy atom. The number of rotatable bonds is 5. The number of carbonyl (C=O) groups is 2. The molecule has 0 bridgehead atoms. The average Bonchev–Trinajstić information content (AvgIpc) is 2.65. The first kappa shape index (κ1) is 20.9. The van der Waals surface area contributed by atoms with Crippen molar-refractivity contribution in [1.29, 1.82) is 0 Å². The number of halogens is 1. The molecule has 2 aliphatic rings. The van der Waals surface area contributed by atoms with Crippen LogP contribution in [-0.2, 0) is 14.3 Å². The minimum Gasteiger partial charge on any atom is -0.496 e. The third kappa shape index (κ3) is 4.12. The highest BCUT2D eigenvalue weighted by Crippen LogP contribution is 2.44. The third-order valence-electron chi connectivity index (χ3n) is 4.46. The van der Waals surface area contributed by atoms with Crippen LogP contribution in [0.3, 0.4) is 0 Å². The van der Waals surface area contributed by atoms with Gasteiger partial charge in [-0.05, 0) is 31.0 Å². The monoisotopic (exact) mass is 466 g/mol. The first-order valence-corrected chi connectivity index (χ1v) is 10.9. The quantitative estimate of drug-likeness (QED) is 0.604. The molecule has 2 heterocycles. The number of amides is 1. The Bertz CT molecular complexity index is 866. The number of aliphatic imine (C=N–C) groups is 1. The van der Waals surface area contributed by atoms with E-state index in [2.05, 4.69) is 20.9 Å². The van der Waals surface area contributed by atoms with Crippen molar-refractivity contribution in [2.45, 2.75) is 33.2 Å². The second-order valence-electron chi connectivity index (χ2n) is 7.04. The number of fused-ring (bicyclic) bond motifs is 1. The predicted molar refractivity (Wildman–Crippen MR) is 113 cm³/mol. The number of hydrogen-bond acceptors (Lipinski definition) is 6. The first-order valence-electron chi connectivity index (χ1n) is 9.08. The number of methoxy groups -OCH3 is 1. The van der Waals surface area contributed by atoms with Gasteiger partial charge in [-0.1, -0.05) is 41.5 Å². The Hall–Kier alpha value is -1.80. The van der Waals surface area contributed by atoms with Crippen molar-refractivity contribution >= 4 is 44.7 Å². The van der Waals surface area contributed by atoms with Crippen LogP contribution in [0, 0.1) is 5.92 Å². The van der Waals surface area contributed by atoms with E-state index in [9.17, 15) is 9.59 Å². The standard InChI is InChI=1S/C20H23BrN2O4S/c1-11(2)10-27-19(25)17-12(3)22-20-23(16(24)7-8-28-20)18(17)14-9-13(21)5-6-15(14)26-4/h5-6,9,11,18H,7-8,10H2,1-4H3/t18-/m1/s1. The minimum atomic E-state index is -0.639. The maximum atomic E-state index is 13.0. The van der Waals surface area contributed by atoms with Gasteiger partial charge in [-0.15, -0.1) is 0 Å². The molecule has 0 spiro atoms. The summed E-state index contributed by atoms with van der Waals surface area (Å²) in [5.74, 6) is 0.964. The Kier molecular flexibility index (Phi) is 6.50. The van der Waals surface area contributed by atoms with Gasteiger partial charge in [-0.2, -0.15) is 0 Å². The number of esters is 1. The molecule has 8 heteroatoms. The normalized spacial score (nSPS) is 19.5. The lowest BCUT2D eigenvalue weighted by Gasteiger charge is -2.39. The summed E-state index contributed by atoms with van der Waals surface area (Å²) >= 11 is 5.01. The molecule has 1 amide bonds. The van der Waals surface area contributed by atoms with Crippen LogP contribution in [0.5, 0.6) is 5.75 Å². The fourth-order valence-corrected chi connectivity index (χ4v) is 4.58. The van der Waals surface area contributed by atoms with Gasteiger partial charge in [0.2, 0.25) is 5.91 Å². The molecule has 0 unspecified atom stereocenters. The van der Waals surface area contributed by atoms with Crippen molar-refractivity contribution in [3.8, 4) is 5.75 Å². The van der Waals surface area contributed by atoms with E-state index in [1.54, 1.807) is 18.9 Å². The van der Waals surface area contributed by atoms with E-state index in [4.69, 9.17) is 9.47 Å². The molecule has 6 nitrogen and oxygen atoms in total. The summed E-state index contributed by atoms with van der Waals surface area (Å²) in [4.78, 5) is 32.0. The van der Waals surface area contributed by atoms with E-state index in [1.807, 2.05) is 32.0 Å². The molecule has 28 heavy (non-hydrogen) atoms. The number of benzene rings is 1. The molecule has 1 aromatic carbocycles. The van der Waals surface area contributed by atoms with Gasteiger partial charge in [-0.3, -0.25) is 9.69 Å². The molecule has 3 rings (SSSR count). The number of thioether (sulfide) groups is 1. The highest BCUT2D eigenvalue weighted by Gasteiger charge is 2.42. The van der Waals surface area contributed by atoms with E-state index in [0.717, 1.165) is 10.0 Å². The molecule has 1 saturated heterocycles. The second-order valence-corrected chi connectivity index (χ2v) is 9.01. The number of ether oxygens (including phenoxy) is 2. The van der Waals surface area contributed by atoms with Crippen LogP contribution in [0.1, 0.15) is 38.8 Å². The van der Waals surface area contributed by atoms with E-state index < -0.39 is 12.0 Å². The molecule has 1 aromatic rings. The molecule has 0 saturated carbocycles. The van der Waals surface area contributed by atoms with Gasteiger partial charge in [0.15, 0.2) is 5.17 Å². The zero-order chi connectivity index (χ0) is 20.4. The topological polar surface area (TPSA) is 68.2 Å². The highest BCUT2D eigenvalue weighted by atomic mass is 79.9. The van der Waals surface area contributed by atoms with Gasteiger partial charge in [-0.25, -0.2) is 9.79 Å². The number of hydrogen-bond donors (Lipinski definition) is 0. The van der Waals surface area contributed by atoms with Crippen LogP contribution >= 0.6 is 27.7 Å². The molecule has 1 fully saturated rings. The highest BCUT2D eigenvalue weighted by molar-refractivity contribution is 9.10. The molecule has 0 N–H and O–H groups in total. The van der Waals surface area contributed by atoms with Crippen LogP contribution in [-0.4, -0.2) is 41.4 Å². The zero-order valence-electron chi connectivity index (χ0n) is 16.3. The zero-order valence-corrected chi connectivity index (χ0v) is 18.7. The molecule has 2 aliphatic heterocycles. The third-order valence-corrected chi connectivity index (χ3v) is 5.91. The number of nitrogens with zero attached hydrogens (tertiary/aromatic N) is 2. The summed E-state index contributed by atoms with van der Waals surface area (Å²) in [6.45, 7) is 6.04. The SMILES string of the molecule is COc1ccc(Br)cc1[C@@H]1C(C(=O)OCC(C)C)=C(C)N=C2SCCC(=O)N21. The summed E-state index contributed by atoms with van der Waals surface area (Å²) in [5.41, 5.74) is 1.65. The van der Waals surface area contributed by atoms with Gasteiger partial charge < -0.3 is 9.47 Å². The first-order chi connectivity index (χ1) is 13.3. The number of carbonyl (C=O) groups excluding carboxylic acids is 2. The number of allylic oxidation sites excluding steroid dienone is 1. The van der Waals surface area contributed by atoms with Crippen molar-refractivity contribution in [2.75, 3.05) is 19.5 Å². The molecule has 150 valence electrons. The van der Waals surface area contributed by atoms with E-state index in [-0.39, 0.29) is 11.8 Å². The molecule has 0 radical (unpaired) electrons. The summed E-state index contributed by atoms with van der Waals surface area (Å²) in [6, 6.07) is 4.92. The van der Waals surface area contributed by atoms with Crippen molar-refractivity contribution in [3.63, 3.8) is 0 Å². The lowest BCUT2D eigenvalue weighted by atomic mass is 9.93. The van der Waals surface area contributed by atoms with Crippen molar-refractivity contribution in [1.82, 2.24) is 4.90 Å². The second kappa shape index (κ2) is 8.69. The molecular formula is C20H23BrN2O4S.